The molecule has 2 N–H and O–H groups in total. The summed E-state index contributed by atoms with van der Waals surface area (Å²) >= 11 is 1.81. The van der Waals surface area contributed by atoms with Gasteiger partial charge in [-0.25, -0.2) is 9.97 Å². The highest BCUT2D eigenvalue weighted by Gasteiger charge is 2.24. The molecule has 1 fully saturated rings. The Morgan fingerprint density at radius 3 is 3.00 bits per heavy atom. The van der Waals surface area contributed by atoms with Gasteiger partial charge in [0.1, 0.15) is 18.1 Å². The highest BCUT2D eigenvalue weighted by molar-refractivity contribution is 7.12. The molecule has 0 unspecified atom stereocenters. The van der Waals surface area contributed by atoms with E-state index in [1.54, 1.807) is 13.1 Å². The van der Waals surface area contributed by atoms with E-state index < -0.39 is 0 Å². The molecule has 31 heavy (non-hydrogen) atoms. The Morgan fingerprint density at radius 2 is 2.16 bits per heavy atom. The van der Waals surface area contributed by atoms with Crippen molar-refractivity contribution in [3.05, 3.63) is 51.8 Å². The van der Waals surface area contributed by atoms with Crippen LogP contribution >= 0.6 is 11.3 Å². The van der Waals surface area contributed by atoms with Crippen LogP contribution < -0.4 is 15.4 Å². The molecular formula is C23H25N5O2S. The van der Waals surface area contributed by atoms with Crippen molar-refractivity contribution >= 4 is 28.8 Å². The van der Waals surface area contributed by atoms with E-state index in [1.165, 1.54) is 9.75 Å². The van der Waals surface area contributed by atoms with Crippen LogP contribution in [0, 0.1) is 0 Å². The molecule has 0 amide bonds. The predicted octanol–water partition coefficient (Wildman–Crippen LogP) is 3.38. The Bertz CT molecular complexity index is 1110. The fraction of sp³-hybridized carbons (Fsp3) is 0.348. The van der Waals surface area contributed by atoms with Crippen LogP contribution in [0.4, 0.5) is 11.6 Å². The van der Waals surface area contributed by atoms with E-state index in [9.17, 15) is 4.79 Å². The van der Waals surface area contributed by atoms with Crippen molar-refractivity contribution in [1.29, 1.82) is 0 Å². The second-order valence-electron chi connectivity index (χ2n) is 7.98. The van der Waals surface area contributed by atoms with Gasteiger partial charge in [-0.1, -0.05) is 12.1 Å². The van der Waals surface area contributed by atoms with E-state index >= 15 is 0 Å². The fourth-order valence-corrected chi connectivity index (χ4v) is 5.13. The number of nitrogens with one attached hydrogen (secondary N) is 2. The predicted molar refractivity (Wildman–Crippen MR) is 122 cm³/mol. The van der Waals surface area contributed by atoms with Gasteiger partial charge < -0.3 is 15.4 Å². The van der Waals surface area contributed by atoms with Gasteiger partial charge >= 0.3 is 0 Å². The lowest BCUT2D eigenvalue weighted by atomic mass is 10.1. The van der Waals surface area contributed by atoms with Crippen molar-refractivity contribution in [3.63, 3.8) is 0 Å². The van der Waals surface area contributed by atoms with Gasteiger partial charge in [0.2, 0.25) is 5.95 Å². The van der Waals surface area contributed by atoms with Gasteiger partial charge in [0.25, 0.3) is 0 Å². The summed E-state index contributed by atoms with van der Waals surface area (Å²) < 4.78 is 5.92. The van der Waals surface area contributed by atoms with Gasteiger partial charge in [0.05, 0.1) is 11.1 Å². The number of thiophene rings is 1. The molecule has 3 aromatic rings. The van der Waals surface area contributed by atoms with Crippen LogP contribution in [0.1, 0.15) is 22.2 Å². The van der Waals surface area contributed by atoms with Crippen molar-refractivity contribution in [2.45, 2.75) is 26.5 Å². The number of ether oxygens (including phenoxy) is 1. The Balaban J connectivity index is 1.37. The van der Waals surface area contributed by atoms with Crippen LogP contribution in [0.3, 0.4) is 0 Å². The first kappa shape index (κ1) is 20.1. The maximum atomic E-state index is 11.4. The van der Waals surface area contributed by atoms with E-state index in [0.717, 1.165) is 61.0 Å². The average Bonchev–Trinajstić information content (AvgIpc) is 3.17. The highest BCUT2D eigenvalue weighted by Crippen LogP contribution is 2.41. The summed E-state index contributed by atoms with van der Waals surface area (Å²) in [7, 11) is 0. The number of piperazine rings is 1. The van der Waals surface area contributed by atoms with Gasteiger partial charge in [-0.05, 0) is 30.7 Å². The Labute approximate surface area is 185 Å². The molecule has 8 heteroatoms. The monoisotopic (exact) mass is 435 g/mol. The summed E-state index contributed by atoms with van der Waals surface area (Å²) in [6, 6.07) is 10.0. The zero-order valence-electron chi connectivity index (χ0n) is 17.5. The van der Waals surface area contributed by atoms with E-state index in [-0.39, 0.29) is 5.78 Å². The molecule has 0 saturated carbocycles. The minimum atomic E-state index is 0.140. The molecule has 1 aromatic carbocycles. The number of benzene rings is 1. The minimum absolute atomic E-state index is 0.140. The van der Waals surface area contributed by atoms with E-state index in [2.05, 4.69) is 26.6 Å². The number of hydrogen-bond donors (Lipinski definition) is 2. The van der Waals surface area contributed by atoms with Crippen molar-refractivity contribution in [3.8, 4) is 17.0 Å². The van der Waals surface area contributed by atoms with Crippen molar-refractivity contribution in [2.75, 3.05) is 31.5 Å². The summed E-state index contributed by atoms with van der Waals surface area (Å²) in [6.07, 6.45) is 2.16. The van der Waals surface area contributed by atoms with Gasteiger partial charge in [-0.15, -0.1) is 11.3 Å². The van der Waals surface area contributed by atoms with Crippen LogP contribution in [0.2, 0.25) is 0 Å². The molecule has 2 aliphatic rings. The third kappa shape index (κ3) is 4.61. The minimum Gasteiger partial charge on any atom is -0.484 e. The fourth-order valence-electron chi connectivity index (χ4n) is 4.01. The molecule has 0 atom stereocenters. The summed E-state index contributed by atoms with van der Waals surface area (Å²) in [5, 5.41) is 6.67. The molecule has 1 saturated heterocycles. The maximum Gasteiger partial charge on any atom is 0.227 e. The van der Waals surface area contributed by atoms with Crippen molar-refractivity contribution in [2.24, 2.45) is 0 Å². The zero-order chi connectivity index (χ0) is 21.2. The molecule has 0 bridgehead atoms. The molecule has 2 aromatic heterocycles. The highest BCUT2D eigenvalue weighted by atomic mass is 32.1. The van der Waals surface area contributed by atoms with Crippen LogP contribution in [-0.4, -0.2) is 46.8 Å². The molecule has 0 aliphatic carbocycles. The lowest BCUT2D eigenvalue weighted by molar-refractivity contribution is -0.116. The normalized spacial score (nSPS) is 15.6. The number of aromatic nitrogens is 2. The first-order valence-electron chi connectivity index (χ1n) is 10.5. The van der Waals surface area contributed by atoms with Crippen LogP contribution in [0.5, 0.6) is 5.75 Å². The largest absolute Gasteiger partial charge is 0.484 e. The van der Waals surface area contributed by atoms with E-state index in [1.807, 2.05) is 35.6 Å². The zero-order valence-corrected chi connectivity index (χ0v) is 18.3. The molecule has 0 spiro atoms. The van der Waals surface area contributed by atoms with Crippen LogP contribution in [0.25, 0.3) is 11.3 Å². The SMILES string of the molecule is CC(=O)Cc1cccc(Nc2ncc3c(n2)-c2cc(CN4CCNCC4)sc2CO3)c1. The summed E-state index contributed by atoms with van der Waals surface area (Å²) in [4.78, 5) is 25.7. The molecule has 4 heterocycles. The standard InChI is InChI=1S/C23H25N5O2S/c1-15(29)9-16-3-2-4-17(10-16)26-23-25-12-20-22(27-23)19-11-18(31-21(19)14-30-20)13-28-7-5-24-6-8-28/h2-4,10-12,24H,5-9,13-14H2,1H3,(H,25,26,27). The van der Waals surface area contributed by atoms with E-state index in [4.69, 9.17) is 9.72 Å². The molecule has 160 valence electrons. The van der Waals surface area contributed by atoms with Gasteiger partial charge in [0, 0.05) is 55.3 Å². The van der Waals surface area contributed by atoms with Crippen molar-refractivity contribution in [1.82, 2.24) is 20.2 Å². The summed E-state index contributed by atoms with van der Waals surface area (Å²) in [6.45, 7) is 7.39. The second kappa shape index (κ2) is 8.74. The topological polar surface area (TPSA) is 79.4 Å². The quantitative estimate of drug-likeness (QED) is 0.614. The lowest BCUT2D eigenvalue weighted by Crippen LogP contribution is -2.42. The maximum absolute atomic E-state index is 11.4. The number of fused-ring (bicyclic) bond motifs is 3. The number of nitrogens with zero attached hydrogens (tertiary/aromatic N) is 3. The lowest BCUT2D eigenvalue weighted by Gasteiger charge is -2.26. The molecule has 5 rings (SSSR count). The molecule has 2 aliphatic heterocycles. The number of carbonyl (C=O) groups excluding carboxylic acids is 1. The van der Waals surface area contributed by atoms with Crippen molar-refractivity contribution < 1.29 is 9.53 Å². The third-order valence-corrected chi connectivity index (χ3v) is 6.55. The van der Waals surface area contributed by atoms with E-state index in [0.29, 0.717) is 19.0 Å². The van der Waals surface area contributed by atoms with Gasteiger partial charge in [-0.2, -0.15) is 0 Å². The third-order valence-electron chi connectivity index (χ3n) is 5.45. The van der Waals surface area contributed by atoms with Crippen LogP contribution in [-0.2, 0) is 24.4 Å². The second-order valence-corrected chi connectivity index (χ2v) is 9.20. The number of ketones is 1. The summed E-state index contributed by atoms with van der Waals surface area (Å²) in [5.41, 5.74) is 3.81. The number of anilines is 2. The number of rotatable bonds is 6. The average molecular weight is 436 g/mol. The Kier molecular flexibility index (Phi) is 5.67. The van der Waals surface area contributed by atoms with Gasteiger partial charge in [-0.3, -0.25) is 9.69 Å². The van der Waals surface area contributed by atoms with Gasteiger partial charge in [0.15, 0.2) is 5.75 Å². The Morgan fingerprint density at radius 1 is 1.29 bits per heavy atom. The first-order valence-corrected chi connectivity index (χ1v) is 11.4. The summed E-state index contributed by atoms with van der Waals surface area (Å²) in [5.74, 6) is 1.38. The van der Waals surface area contributed by atoms with Crippen LogP contribution in [0.15, 0.2) is 36.5 Å². The number of carbonyl (C=O) groups is 1. The molecule has 0 radical (unpaired) electrons. The molecule has 7 nitrogen and oxygen atoms in total. The number of hydrogen-bond acceptors (Lipinski definition) is 8. The Hall–Kier alpha value is -2.81. The first-order chi connectivity index (χ1) is 15.1. The smallest absolute Gasteiger partial charge is 0.227 e. The molecular weight excluding hydrogens is 410 g/mol. The number of Topliss-reactive ketones (excluding diaryl/α,β-unsaturated/α-hetero) is 1.